The summed E-state index contributed by atoms with van der Waals surface area (Å²) in [4.78, 5) is 23.9. The van der Waals surface area contributed by atoms with Gasteiger partial charge in [-0.15, -0.1) is 6.58 Å². The molecule has 1 aromatic carbocycles. The SMILES string of the molecule is C=CC1CC(=O)N(c2cc(C(=O)O)ccc2F)C1. The molecule has 1 atom stereocenters. The molecule has 1 aliphatic rings. The quantitative estimate of drug-likeness (QED) is 0.834. The van der Waals surface area contributed by atoms with Crippen molar-refractivity contribution in [1.29, 1.82) is 0 Å². The predicted molar refractivity (Wildman–Crippen MR) is 64.0 cm³/mol. The molecule has 1 N–H and O–H groups in total. The molecule has 1 heterocycles. The summed E-state index contributed by atoms with van der Waals surface area (Å²) in [5.74, 6) is -1.99. The summed E-state index contributed by atoms with van der Waals surface area (Å²) in [5, 5.41) is 8.86. The Balaban J connectivity index is 2.38. The van der Waals surface area contributed by atoms with Gasteiger partial charge in [0.1, 0.15) is 5.82 Å². The molecule has 1 saturated heterocycles. The molecule has 1 fully saturated rings. The van der Waals surface area contributed by atoms with Crippen molar-refractivity contribution >= 4 is 17.6 Å². The highest BCUT2D eigenvalue weighted by Crippen LogP contribution is 2.28. The third kappa shape index (κ3) is 2.11. The first-order chi connectivity index (χ1) is 8.52. The van der Waals surface area contributed by atoms with Gasteiger partial charge in [0.15, 0.2) is 0 Å². The van der Waals surface area contributed by atoms with E-state index in [9.17, 15) is 14.0 Å². The Bertz CT molecular complexity index is 527. The van der Waals surface area contributed by atoms with Crippen LogP contribution in [0.4, 0.5) is 10.1 Å². The van der Waals surface area contributed by atoms with Gasteiger partial charge in [0.25, 0.3) is 0 Å². The van der Waals surface area contributed by atoms with E-state index >= 15 is 0 Å². The Hall–Kier alpha value is -2.17. The van der Waals surface area contributed by atoms with Gasteiger partial charge >= 0.3 is 5.97 Å². The van der Waals surface area contributed by atoms with Crippen LogP contribution < -0.4 is 4.90 Å². The number of carboxylic acid groups (broad SMARTS) is 1. The molecule has 94 valence electrons. The maximum atomic E-state index is 13.7. The van der Waals surface area contributed by atoms with Gasteiger partial charge in [-0.25, -0.2) is 9.18 Å². The number of anilines is 1. The van der Waals surface area contributed by atoms with Crippen LogP contribution in [0.2, 0.25) is 0 Å². The molecule has 18 heavy (non-hydrogen) atoms. The van der Waals surface area contributed by atoms with Gasteiger partial charge in [-0.05, 0) is 18.2 Å². The molecule has 1 amide bonds. The van der Waals surface area contributed by atoms with Crippen LogP contribution in [0, 0.1) is 11.7 Å². The Morgan fingerprint density at radius 3 is 2.83 bits per heavy atom. The number of hydrogen-bond acceptors (Lipinski definition) is 2. The molecule has 0 aromatic heterocycles. The minimum atomic E-state index is -1.15. The van der Waals surface area contributed by atoms with Gasteiger partial charge in [-0.1, -0.05) is 6.08 Å². The highest BCUT2D eigenvalue weighted by molar-refractivity contribution is 5.97. The molecule has 0 radical (unpaired) electrons. The fourth-order valence-electron chi connectivity index (χ4n) is 1.98. The smallest absolute Gasteiger partial charge is 0.335 e. The summed E-state index contributed by atoms with van der Waals surface area (Å²) in [6.45, 7) is 3.94. The monoisotopic (exact) mass is 249 g/mol. The summed E-state index contributed by atoms with van der Waals surface area (Å²) >= 11 is 0. The zero-order valence-corrected chi connectivity index (χ0v) is 9.60. The molecule has 1 aliphatic heterocycles. The number of hydrogen-bond donors (Lipinski definition) is 1. The first kappa shape index (κ1) is 12.3. The lowest BCUT2D eigenvalue weighted by Crippen LogP contribution is -2.25. The number of nitrogens with zero attached hydrogens (tertiary/aromatic N) is 1. The number of rotatable bonds is 3. The van der Waals surface area contributed by atoms with E-state index in [2.05, 4.69) is 6.58 Å². The maximum Gasteiger partial charge on any atom is 0.335 e. The Morgan fingerprint density at radius 2 is 2.28 bits per heavy atom. The van der Waals surface area contributed by atoms with E-state index in [1.165, 1.54) is 17.0 Å². The second-order valence-corrected chi connectivity index (χ2v) is 4.18. The predicted octanol–water partition coefficient (Wildman–Crippen LogP) is 2.06. The van der Waals surface area contributed by atoms with E-state index in [0.717, 1.165) is 6.07 Å². The van der Waals surface area contributed by atoms with Gasteiger partial charge < -0.3 is 10.0 Å². The number of carbonyl (C=O) groups excluding carboxylic acids is 1. The van der Waals surface area contributed by atoms with Crippen LogP contribution in [0.25, 0.3) is 0 Å². The van der Waals surface area contributed by atoms with Crippen LogP contribution in [0.15, 0.2) is 30.9 Å². The topological polar surface area (TPSA) is 57.6 Å². The van der Waals surface area contributed by atoms with Crippen molar-refractivity contribution in [3.63, 3.8) is 0 Å². The van der Waals surface area contributed by atoms with Gasteiger partial charge in [-0.3, -0.25) is 4.79 Å². The summed E-state index contributed by atoms with van der Waals surface area (Å²) in [6.07, 6.45) is 1.93. The Kier molecular flexibility index (Phi) is 3.14. The van der Waals surface area contributed by atoms with Gasteiger partial charge in [0.05, 0.1) is 11.3 Å². The molecule has 5 heteroatoms. The standard InChI is InChI=1S/C13H12FNO3/c1-2-8-5-12(16)15(7-8)11-6-9(13(17)18)3-4-10(11)14/h2-4,6,8H,1,5,7H2,(H,17,18). The van der Waals surface area contributed by atoms with Crippen LogP contribution in [-0.4, -0.2) is 23.5 Å². The van der Waals surface area contributed by atoms with E-state index < -0.39 is 11.8 Å². The Labute approximate surface area is 103 Å². The number of carboxylic acids is 1. The van der Waals surface area contributed by atoms with E-state index in [1.807, 2.05) is 0 Å². The third-order valence-corrected chi connectivity index (χ3v) is 2.97. The van der Waals surface area contributed by atoms with Crippen molar-refractivity contribution in [2.45, 2.75) is 6.42 Å². The molecular formula is C13H12FNO3. The Morgan fingerprint density at radius 1 is 1.56 bits per heavy atom. The fourth-order valence-corrected chi connectivity index (χ4v) is 1.98. The maximum absolute atomic E-state index is 13.7. The second kappa shape index (κ2) is 4.60. The molecule has 0 bridgehead atoms. The number of aromatic carboxylic acids is 1. The molecule has 0 spiro atoms. The van der Waals surface area contributed by atoms with E-state index in [4.69, 9.17) is 5.11 Å². The molecule has 0 saturated carbocycles. The van der Waals surface area contributed by atoms with Crippen molar-refractivity contribution < 1.29 is 19.1 Å². The average molecular weight is 249 g/mol. The van der Waals surface area contributed by atoms with Crippen LogP contribution >= 0.6 is 0 Å². The summed E-state index contributed by atoms with van der Waals surface area (Å²) < 4.78 is 13.7. The van der Waals surface area contributed by atoms with Crippen molar-refractivity contribution in [1.82, 2.24) is 0 Å². The van der Waals surface area contributed by atoms with E-state index in [1.54, 1.807) is 6.08 Å². The van der Waals surface area contributed by atoms with Crippen molar-refractivity contribution in [2.75, 3.05) is 11.4 Å². The molecule has 4 nitrogen and oxygen atoms in total. The molecule has 2 rings (SSSR count). The lowest BCUT2D eigenvalue weighted by molar-refractivity contribution is -0.117. The number of amides is 1. The molecule has 0 aliphatic carbocycles. The zero-order valence-electron chi connectivity index (χ0n) is 9.60. The second-order valence-electron chi connectivity index (χ2n) is 4.18. The van der Waals surface area contributed by atoms with Gasteiger partial charge in [0.2, 0.25) is 5.91 Å². The number of carbonyl (C=O) groups is 2. The normalized spacial score (nSPS) is 19.1. The molecular weight excluding hydrogens is 237 g/mol. The minimum absolute atomic E-state index is 0.0178. The lowest BCUT2D eigenvalue weighted by atomic mass is 10.1. The van der Waals surface area contributed by atoms with Crippen LogP contribution in [-0.2, 0) is 4.79 Å². The van der Waals surface area contributed by atoms with Crippen LogP contribution in [0.3, 0.4) is 0 Å². The van der Waals surface area contributed by atoms with E-state index in [-0.39, 0.29) is 29.5 Å². The molecule has 1 unspecified atom stereocenters. The first-order valence-corrected chi connectivity index (χ1v) is 5.48. The first-order valence-electron chi connectivity index (χ1n) is 5.48. The van der Waals surface area contributed by atoms with Crippen molar-refractivity contribution in [3.05, 3.63) is 42.2 Å². The van der Waals surface area contributed by atoms with Crippen molar-refractivity contribution in [3.8, 4) is 0 Å². The summed E-state index contributed by atoms with van der Waals surface area (Å²) in [5.41, 5.74) is -0.0227. The van der Waals surface area contributed by atoms with Crippen molar-refractivity contribution in [2.24, 2.45) is 5.92 Å². The largest absolute Gasteiger partial charge is 0.478 e. The number of halogens is 1. The molecule has 1 aromatic rings. The van der Waals surface area contributed by atoms with Gasteiger partial charge in [-0.2, -0.15) is 0 Å². The summed E-state index contributed by atoms with van der Waals surface area (Å²) in [7, 11) is 0. The average Bonchev–Trinajstić information content (AvgIpc) is 2.71. The van der Waals surface area contributed by atoms with Crippen LogP contribution in [0.5, 0.6) is 0 Å². The summed E-state index contributed by atoms with van der Waals surface area (Å²) in [6, 6.07) is 3.42. The highest BCUT2D eigenvalue weighted by Gasteiger charge is 2.30. The minimum Gasteiger partial charge on any atom is -0.478 e. The van der Waals surface area contributed by atoms with Gasteiger partial charge in [0, 0.05) is 18.9 Å². The number of benzene rings is 1. The third-order valence-electron chi connectivity index (χ3n) is 2.97. The highest BCUT2D eigenvalue weighted by atomic mass is 19.1. The van der Waals surface area contributed by atoms with E-state index in [0.29, 0.717) is 6.54 Å². The van der Waals surface area contributed by atoms with Crippen LogP contribution in [0.1, 0.15) is 16.8 Å². The fraction of sp³-hybridized carbons (Fsp3) is 0.231. The lowest BCUT2D eigenvalue weighted by Gasteiger charge is -2.17. The zero-order chi connectivity index (χ0) is 13.3.